The number of aliphatic imine (C=N–C) groups is 1. The molecule has 9 nitrogen and oxygen atoms in total. The molecule has 10 heteroatoms. The Labute approximate surface area is 298 Å². The average molecular weight is 691 g/mol. The van der Waals surface area contributed by atoms with E-state index in [9.17, 15) is 19.5 Å². The molecule has 1 aliphatic heterocycles. The Balaban J connectivity index is 1.03. The molecule has 2 amide bonds. The number of hydrogen-bond acceptors (Lipinski definition) is 7. The number of hydrogen-bond donors (Lipinski definition) is 2. The lowest BCUT2D eigenvalue weighted by atomic mass is 10.0. The van der Waals surface area contributed by atoms with Crippen molar-refractivity contribution in [3.05, 3.63) is 162 Å². The summed E-state index contributed by atoms with van der Waals surface area (Å²) in [5.74, 6) is -0.889. The molecule has 5 aromatic carbocycles. The average Bonchev–Trinajstić information content (AvgIpc) is 3.48. The van der Waals surface area contributed by atoms with E-state index in [2.05, 4.69) is 15.3 Å². The van der Waals surface area contributed by atoms with Crippen LogP contribution in [0.2, 0.25) is 0 Å². The van der Waals surface area contributed by atoms with E-state index in [1.54, 1.807) is 54.6 Å². The minimum atomic E-state index is -1.03. The van der Waals surface area contributed by atoms with Crippen LogP contribution in [-0.2, 0) is 16.2 Å². The number of benzene rings is 5. The Kier molecular flexibility index (Phi) is 9.66. The second-order valence-electron chi connectivity index (χ2n) is 11.5. The molecule has 7 rings (SSSR count). The summed E-state index contributed by atoms with van der Waals surface area (Å²) in [4.78, 5) is 49.4. The topological polar surface area (TPSA) is 121 Å². The minimum absolute atomic E-state index is 0.00608. The molecule has 0 radical (unpaired) electrons. The van der Waals surface area contributed by atoms with E-state index in [0.29, 0.717) is 51.1 Å². The number of aromatic nitrogens is 1. The van der Waals surface area contributed by atoms with Crippen LogP contribution in [0.25, 0.3) is 28.2 Å². The molecule has 0 bridgehead atoms. The van der Waals surface area contributed by atoms with Gasteiger partial charge < -0.3 is 15.2 Å². The first-order chi connectivity index (χ1) is 24.9. The van der Waals surface area contributed by atoms with Gasteiger partial charge in [0.25, 0.3) is 5.91 Å². The maximum absolute atomic E-state index is 13.6. The van der Waals surface area contributed by atoms with Crippen molar-refractivity contribution >= 4 is 63.1 Å². The molecular weight excluding hydrogens is 661 g/mol. The molecule has 0 atom stereocenters. The van der Waals surface area contributed by atoms with Gasteiger partial charge in [0.2, 0.25) is 5.91 Å². The lowest BCUT2D eigenvalue weighted by molar-refractivity contribution is -0.114. The number of carbonyl (C=O) groups is 3. The lowest BCUT2D eigenvalue weighted by Gasteiger charge is -2.17. The molecule has 0 aliphatic carbocycles. The second-order valence-corrected chi connectivity index (χ2v) is 12.5. The summed E-state index contributed by atoms with van der Waals surface area (Å²) in [6.07, 6.45) is 1.72. The van der Waals surface area contributed by atoms with Gasteiger partial charge in [0.15, 0.2) is 5.17 Å². The number of carboxylic acids is 1. The first kappa shape index (κ1) is 33.0. The van der Waals surface area contributed by atoms with Crippen molar-refractivity contribution in [1.29, 1.82) is 0 Å². The normalized spacial score (nSPS) is 13.3. The number of aromatic carboxylic acids is 1. The van der Waals surface area contributed by atoms with E-state index < -0.39 is 5.97 Å². The van der Waals surface area contributed by atoms with E-state index in [1.165, 1.54) is 4.90 Å². The Morgan fingerprint density at radius 2 is 1.51 bits per heavy atom. The van der Waals surface area contributed by atoms with Crippen LogP contribution in [0.1, 0.15) is 21.5 Å². The summed E-state index contributed by atoms with van der Waals surface area (Å²) in [6, 6.07) is 42.2. The van der Waals surface area contributed by atoms with Crippen LogP contribution in [0.15, 0.2) is 150 Å². The molecule has 1 aliphatic rings. The molecule has 51 heavy (non-hydrogen) atoms. The van der Waals surface area contributed by atoms with Crippen molar-refractivity contribution in [2.75, 3.05) is 16.0 Å². The molecular formula is C41H30N4O5S. The third-order valence-corrected chi connectivity index (χ3v) is 8.96. The van der Waals surface area contributed by atoms with Gasteiger partial charge in [-0.3, -0.25) is 14.5 Å². The minimum Gasteiger partial charge on any atom is -0.489 e. The fourth-order valence-corrected chi connectivity index (χ4v) is 6.32. The van der Waals surface area contributed by atoms with E-state index in [0.717, 1.165) is 22.9 Å². The van der Waals surface area contributed by atoms with Gasteiger partial charge >= 0.3 is 5.97 Å². The summed E-state index contributed by atoms with van der Waals surface area (Å²) in [5, 5.41) is 13.6. The SMILES string of the molecule is O=C(CSC1=N/C(=C\c2ccc(OCc3ccccc3)cc2)C(=O)N1c1ccccc1)Nc1ccc(-c2cc(C(=O)O)c3ccccc3n2)cc1. The van der Waals surface area contributed by atoms with Crippen LogP contribution < -0.4 is 15.0 Å². The number of amidine groups is 1. The van der Waals surface area contributed by atoms with Crippen molar-refractivity contribution < 1.29 is 24.2 Å². The Morgan fingerprint density at radius 3 is 2.24 bits per heavy atom. The molecule has 0 spiro atoms. The number of nitrogens with one attached hydrogen (secondary N) is 1. The molecule has 0 saturated carbocycles. The maximum Gasteiger partial charge on any atom is 0.336 e. The summed E-state index contributed by atoms with van der Waals surface area (Å²) in [6.45, 7) is 0.452. The molecule has 250 valence electrons. The fraction of sp³-hybridized carbons (Fsp3) is 0.0488. The van der Waals surface area contributed by atoms with Gasteiger partial charge in [-0.1, -0.05) is 103 Å². The number of fused-ring (bicyclic) bond motifs is 1. The van der Waals surface area contributed by atoms with Crippen LogP contribution in [0.3, 0.4) is 0 Å². The summed E-state index contributed by atoms with van der Waals surface area (Å²) in [7, 11) is 0. The van der Waals surface area contributed by atoms with Crippen molar-refractivity contribution in [1.82, 2.24) is 4.98 Å². The number of rotatable bonds is 10. The van der Waals surface area contributed by atoms with Crippen LogP contribution in [0.4, 0.5) is 11.4 Å². The molecule has 2 heterocycles. The molecule has 2 N–H and O–H groups in total. The van der Waals surface area contributed by atoms with Gasteiger partial charge in [-0.2, -0.15) is 0 Å². The first-order valence-corrected chi connectivity index (χ1v) is 17.0. The molecule has 1 aromatic heterocycles. The smallest absolute Gasteiger partial charge is 0.336 e. The Bertz CT molecular complexity index is 2290. The second kappa shape index (κ2) is 14.9. The van der Waals surface area contributed by atoms with Gasteiger partial charge in [0.1, 0.15) is 18.1 Å². The van der Waals surface area contributed by atoms with Crippen LogP contribution in [-0.4, -0.2) is 38.8 Å². The number of nitrogens with zero attached hydrogens (tertiary/aromatic N) is 3. The van der Waals surface area contributed by atoms with Crippen LogP contribution in [0.5, 0.6) is 5.75 Å². The highest BCUT2D eigenvalue weighted by molar-refractivity contribution is 8.14. The van der Waals surface area contributed by atoms with Crippen LogP contribution >= 0.6 is 11.8 Å². The van der Waals surface area contributed by atoms with Gasteiger partial charge in [-0.25, -0.2) is 14.8 Å². The zero-order valence-corrected chi connectivity index (χ0v) is 27.9. The maximum atomic E-state index is 13.6. The number of anilines is 2. The van der Waals surface area contributed by atoms with Crippen molar-refractivity contribution in [3.63, 3.8) is 0 Å². The fourth-order valence-electron chi connectivity index (χ4n) is 5.51. The molecule has 0 fully saturated rings. The number of carbonyl (C=O) groups excluding carboxylic acids is 2. The van der Waals surface area contributed by atoms with E-state index in [4.69, 9.17) is 4.74 Å². The van der Waals surface area contributed by atoms with E-state index >= 15 is 0 Å². The van der Waals surface area contributed by atoms with E-state index in [1.807, 2.05) is 91.0 Å². The van der Waals surface area contributed by atoms with E-state index in [-0.39, 0.29) is 28.8 Å². The number of carboxylic acid groups (broad SMARTS) is 1. The first-order valence-electron chi connectivity index (χ1n) is 16.0. The number of pyridine rings is 1. The zero-order chi connectivity index (χ0) is 35.2. The van der Waals surface area contributed by atoms with Crippen molar-refractivity contribution in [3.8, 4) is 17.0 Å². The number of para-hydroxylation sites is 2. The number of ether oxygens (including phenoxy) is 1. The Hall–Kier alpha value is -6.52. The van der Waals surface area contributed by atoms with Gasteiger partial charge in [0, 0.05) is 16.6 Å². The summed E-state index contributed by atoms with van der Waals surface area (Å²) < 4.78 is 5.89. The third kappa shape index (κ3) is 7.71. The highest BCUT2D eigenvalue weighted by atomic mass is 32.2. The predicted octanol–water partition coefficient (Wildman–Crippen LogP) is 8.29. The van der Waals surface area contributed by atoms with Gasteiger partial charge in [0.05, 0.1) is 28.2 Å². The highest BCUT2D eigenvalue weighted by Crippen LogP contribution is 2.30. The highest BCUT2D eigenvalue weighted by Gasteiger charge is 2.32. The zero-order valence-electron chi connectivity index (χ0n) is 27.1. The largest absolute Gasteiger partial charge is 0.489 e. The van der Waals surface area contributed by atoms with Crippen LogP contribution in [0, 0.1) is 0 Å². The van der Waals surface area contributed by atoms with Gasteiger partial charge in [-0.05, 0) is 65.7 Å². The predicted molar refractivity (Wildman–Crippen MR) is 202 cm³/mol. The molecule has 6 aromatic rings. The number of thioether (sulfide) groups is 1. The summed E-state index contributed by atoms with van der Waals surface area (Å²) in [5.41, 5.74) is 5.29. The number of amides is 2. The third-order valence-electron chi connectivity index (χ3n) is 8.02. The van der Waals surface area contributed by atoms with Crippen molar-refractivity contribution in [2.45, 2.75) is 6.61 Å². The summed E-state index contributed by atoms with van der Waals surface area (Å²) >= 11 is 1.16. The lowest BCUT2D eigenvalue weighted by Crippen LogP contribution is -2.31. The van der Waals surface area contributed by atoms with Gasteiger partial charge in [-0.15, -0.1) is 0 Å². The standard InChI is InChI=1S/C41H30N4O5S/c46-38(42-30-19-17-29(18-20-30)36-24-34(40(48)49)33-13-7-8-14-35(33)43-36)26-51-41-44-37(39(47)45(41)31-11-5-2-6-12-31)23-27-15-21-32(22-16-27)50-25-28-9-3-1-4-10-28/h1-24H,25-26H2,(H,42,46)(H,48,49)/b37-23-. The quantitative estimate of drug-likeness (QED) is 0.139. The monoisotopic (exact) mass is 690 g/mol. The Morgan fingerprint density at radius 1 is 0.824 bits per heavy atom. The molecule has 0 unspecified atom stereocenters. The van der Waals surface area contributed by atoms with Crippen molar-refractivity contribution in [2.24, 2.45) is 4.99 Å². The molecule has 0 saturated heterocycles.